The van der Waals surface area contributed by atoms with Crippen LogP contribution in [0.2, 0.25) is 10.0 Å². The molecule has 1 N–H and O–H groups in total. The minimum atomic E-state index is -3.93. The van der Waals surface area contributed by atoms with Crippen LogP contribution < -0.4 is 9.62 Å². The summed E-state index contributed by atoms with van der Waals surface area (Å²) in [4.78, 5) is 27.1. The van der Waals surface area contributed by atoms with Gasteiger partial charge in [0.05, 0.1) is 11.9 Å². The second kappa shape index (κ2) is 11.2. The van der Waals surface area contributed by atoms with Gasteiger partial charge in [0.2, 0.25) is 21.8 Å². The lowest BCUT2D eigenvalue weighted by Gasteiger charge is -2.32. The zero-order valence-corrected chi connectivity index (χ0v) is 21.0. The monoisotopic (exact) mass is 517 g/mol. The maximum atomic E-state index is 14.3. The van der Waals surface area contributed by atoms with Crippen LogP contribution in [0.4, 0.5) is 10.1 Å². The van der Waals surface area contributed by atoms with Crippen molar-refractivity contribution in [1.82, 2.24) is 10.2 Å². The average molecular weight is 518 g/mol. The van der Waals surface area contributed by atoms with Gasteiger partial charge in [0.25, 0.3) is 0 Å². The maximum absolute atomic E-state index is 14.3. The first-order valence-corrected chi connectivity index (χ1v) is 12.7. The second-order valence-electron chi connectivity index (χ2n) is 7.85. The number of nitrogens with one attached hydrogen (secondary N) is 1. The van der Waals surface area contributed by atoms with E-state index in [-0.39, 0.29) is 33.9 Å². The number of rotatable bonds is 9. The summed E-state index contributed by atoms with van der Waals surface area (Å²) in [5.41, 5.74) is 0.278. The summed E-state index contributed by atoms with van der Waals surface area (Å²) >= 11 is 12.0. The van der Waals surface area contributed by atoms with Crippen LogP contribution in [0.15, 0.2) is 42.5 Å². The van der Waals surface area contributed by atoms with Crippen molar-refractivity contribution in [2.24, 2.45) is 0 Å². The normalized spacial score (nSPS) is 12.4. The Morgan fingerprint density at radius 2 is 1.64 bits per heavy atom. The SMILES string of the molecule is CC(C)NC(=O)[C@H](C)N(Cc1ccccc1F)C(=O)CN(c1cc(Cl)cc(Cl)c1)S(C)(=O)=O. The zero-order valence-electron chi connectivity index (χ0n) is 18.7. The van der Waals surface area contributed by atoms with Gasteiger partial charge >= 0.3 is 0 Å². The number of anilines is 1. The number of carbonyl (C=O) groups is 2. The topological polar surface area (TPSA) is 86.8 Å². The molecule has 2 aromatic rings. The Hall–Kier alpha value is -2.36. The molecule has 0 unspecified atom stereocenters. The van der Waals surface area contributed by atoms with Crippen LogP contribution in [0, 0.1) is 5.82 Å². The van der Waals surface area contributed by atoms with Gasteiger partial charge in [-0.05, 0) is 45.0 Å². The van der Waals surface area contributed by atoms with E-state index in [1.807, 2.05) is 0 Å². The van der Waals surface area contributed by atoms with Crippen LogP contribution in [-0.2, 0) is 26.2 Å². The Bertz CT molecular complexity index is 1110. The van der Waals surface area contributed by atoms with Crippen LogP contribution in [0.1, 0.15) is 26.3 Å². The Labute approximate surface area is 203 Å². The maximum Gasteiger partial charge on any atom is 0.244 e. The van der Waals surface area contributed by atoms with Gasteiger partial charge in [-0.3, -0.25) is 13.9 Å². The molecule has 1 atom stereocenters. The number of hydrogen-bond acceptors (Lipinski definition) is 4. The molecule has 0 heterocycles. The van der Waals surface area contributed by atoms with E-state index in [0.717, 1.165) is 15.5 Å². The molecule has 0 saturated carbocycles. The molecule has 0 aliphatic heterocycles. The number of halogens is 3. The third-order valence-corrected chi connectivity index (χ3v) is 6.29. The lowest BCUT2D eigenvalue weighted by atomic mass is 10.1. The standard InChI is InChI=1S/C22H26Cl2FN3O4S/c1-14(2)26-22(30)15(3)27(12-16-7-5-6-8-20(16)25)21(29)13-28(33(4,31)32)19-10-17(23)9-18(24)11-19/h5-11,14-15H,12-13H2,1-4H3,(H,26,30)/t15-/m0/s1. The van der Waals surface area contributed by atoms with Crippen molar-refractivity contribution >= 4 is 50.7 Å². The van der Waals surface area contributed by atoms with Gasteiger partial charge in [-0.2, -0.15) is 0 Å². The molecule has 0 bridgehead atoms. The van der Waals surface area contributed by atoms with Gasteiger partial charge < -0.3 is 10.2 Å². The highest BCUT2D eigenvalue weighted by atomic mass is 35.5. The molecule has 2 rings (SSSR count). The van der Waals surface area contributed by atoms with E-state index in [1.54, 1.807) is 19.9 Å². The van der Waals surface area contributed by atoms with Gasteiger partial charge in [0, 0.05) is 28.2 Å². The van der Waals surface area contributed by atoms with E-state index in [9.17, 15) is 22.4 Å². The molecule has 0 saturated heterocycles. The molecule has 0 radical (unpaired) electrons. The predicted octanol–water partition coefficient (Wildman–Crippen LogP) is 3.84. The molecule has 0 aromatic heterocycles. The van der Waals surface area contributed by atoms with Crippen molar-refractivity contribution in [1.29, 1.82) is 0 Å². The van der Waals surface area contributed by atoms with E-state index in [1.165, 1.54) is 43.3 Å². The van der Waals surface area contributed by atoms with E-state index < -0.39 is 40.2 Å². The quantitative estimate of drug-likeness (QED) is 0.547. The first kappa shape index (κ1) is 26.9. The Morgan fingerprint density at radius 3 is 2.15 bits per heavy atom. The molecule has 33 heavy (non-hydrogen) atoms. The Morgan fingerprint density at radius 1 is 1.06 bits per heavy atom. The third-order valence-electron chi connectivity index (χ3n) is 4.71. The molecule has 0 aliphatic carbocycles. The molecule has 2 amide bonds. The fourth-order valence-electron chi connectivity index (χ4n) is 3.09. The summed E-state index contributed by atoms with van der Waals surface area (Å²) in [6.45, 7) is 4.16. The largest absolute Gasteiger partial charge is 0.352 e. The van der Waals surface area contributed by atoms with Gasteiger partial charge in [-0.15, -0.1) is 0 Å². The zero-order chi connectivity index (χ0) is 24.9. The molecule has 2 aromatic carbocycles. The van der Waals surface area contributed by atoms with E-state index in [4.69, 9.17) is 23.2 Å². The highest BCUT2D eigenvalue weighted by Gasteiger charge is 2.31. The summed E-state index contributed by atoms with van der Waals surface area (Å²) in [7, 11) is -3.93. The summed E-state index contributed by atoms with van der Waals surface area (Å²) < 4.78 is 40.2. The van der Waals surface area contributed by atoms with Crippen LogP contribution in [-0.4, -0.2) is 50.0 Å². The minimum Gasteiger partial charge on any atom is -0.352 e. The third kappa shape index (κ3) is 7.58. The minimum absolute atomic E-state index is 0.0912. The van der Waals surface area contributed by atoms with Gasteiger partial charge in [-0.1, -0.05) is 41.4 Å². The predicted molar refractivity (Wildman–Crippen MR) is 128 cm³/mol. The van der Waals surface area contributed by atoms with Crippen LogP contribution >= 0.6 is 23.2 Å². The molecule has 0 aliphatic rings. The summed E-state index contributed by atoms with van der Waals surface area (Å²) in [5.74, 6) is -1.70. The fraction of sp³-hybridized carbons (Fsp3) is 0.364. The van der Waals surface area contributed by atoms with Crippen molar-refractivity contribution in [2.45, 2.75) is 39.4 Å². The number of amides is 2. The van der Waals surface area contributed by atoms with Crippen molar-refractivity contribution in [3.05, 3.63) is 63.9 Å². The first-order valence-electron chi connectivity index (χ1n) is 10.1. The average Bonchev–Trinajstić information content (AvgIpc) is 2.68. The number of sulfonamides is 1. The van der Waals surface area contributed by atoms with E-state index in [0.29, 0.717) is 0 Å². The molecule has 180 valence electrons. The van der Waals surface area contributed by atoms with E-state index >= 15 is 0 Å². The lowest BCUT2D eigenvalue weighted by molar-refractivity contribution is -0.139. The molecular weight excluding hydrogens is 492 g/mol. The van der Waals surface area contributed by atoms with Crippen molar-refractivity contribution < 1.29 is 22.4 Å². The molecule has 0 spiro atoms. The Balaban J connectivity index is 2.44. The summed E-state index contributed by atoms with van der Waals surface area (Å²) in [6.07, 6.45) is 0.936. The summed E-state index contributed by atoms with van der Waals surface area (Å²) in [5, 5.41) is 3.09. The van der Waals surface area contributed by atoms with Crippen molar-refractivity contribution in [2.75, 3.05) is 17.1 Å². The first-order chi connectivity index (χ1) is 15.3. The van der Waals surface area contributed by atoms with Gasteiger partial charge in [0.1, 0.15) is 18.4 Å². The molecule has 7 nitrogen and oxygen atoms in total. The van der Waals surface area contributed by atoms with Crippen molar-refractivity contribution in [3.8, 4) is 0 Å². The van der Waals surface area contributed by atoms with Gasteiger partial charge in [-0.25, -0.2) is 12.8 Å². The van der Waals surface area contributed by atoms with Crippen LogP contribution in [0.5, 0.6) is 0 Å². The van der Waals surface area contributed by atoms with Crippen LogP contribution in [0.25, 0.3) is 0 Å². The number of nitrogens with zero attached hydrogens (tertiary/aromatic N) is 2. The lowest BCUT2D eigenvalue weighted by Crippen LogP contribution is -2.52. The Kier molecular flexibility index (Phi) is 9.11. The highest BCUT2D eigenvalue weighted by molar-refractivity contribution is 7.92. The fourth-order valence-corrected chi connectivity index (χ4v) is 4.44. The highest BCUT2D eigenvalue weighted by Crippen LogP contribution is 2.27. The number of benzene rings is 2. The number of carbonyl (C=O) groups excluding carboxylic acids is 2. The van der Waals surface area contributed by atoms with Crippen molar-refractivity contribution in [3.63, 3.8) is 0 Å². The van der Waals surface area contributed by atoms with Crippen LogP contribution in [0.3, 0.4) is 0 Å². The number of hydrogen-bond donors (Lipinski definition) is 1. The smallest absolute Gasteiger partial charge is 0.244 e. The second-order valence-corrected chi connectivity index (χ2v) is 10.6. The molecule has 11 heteroatoms. The molecular formula is C22H26Cl2FN3O4S. The van der Waals surface area contributed by atoms with Gasteiger partial charge in [0.15, 0.2) is 0 Å². The molecule has 0 fully saturated rings. The summed E-state index contributed by atoms with van der Waals surface area (Å²) in [6, 6.07) is 8.81. The van der Waals surface area contributed by atoms with E-state index in [2.05, 4.69) is 5.32 Å².